The molecule has 0 spiro atoms. The maximum atomic E-state index is 12.9. The molecule has 132 valence electrons. The molecule has 0 aliphatic heterocycles. The van der Waals surface area contributed by atoms with Crippen LogP contribution in [0.2, 0.25) is 4.34 Å². The van der Waals surface area contributed by atoms with Gasteiger partial charge < -0.3 is 0 Å². The summed E-state index contributed by atoms with van der Waals surface area (Å²) in [7, 11) is -3.57. The first-order chi connectivity index (χ1) is 11.9. The highest BCUT2D eigenvalue weighted by Crippen LogP contribution is 2.25. The van der Waals surface area contributed by atoms with Crippen molar-refractivity contribution in [2.75, 3.05) is 6.54 Å². The van der Waals surface area contributed by atoms with Gasteiger partial charge in [0.25, 0.3) is 0 Å². The maximum absolute atomic E-state index is 12.9. The van der Waals surface area contributed by atoms with Crippen LogP contribution in [0.1, 0.15) is 17.2 Å². The minimum Gasteiger partial charge on any atom is -0.263 e. The predicted octanol–water partition coefficient (Wildman–Crippen LogP) is 2.77. The zero-order valence-electron chi connectivity index (χ0n) is 12.9. The molecule has 0 fully saturated rings. The number of benzene rings is 1. The number of aromatic nitrogens is 3. The van der Waals surface area contributed by atoms with Gasteiger partial charge >= 0.3 is 0 Å². The Balaban J connectivity index is 1.54. The highest BCUT2D eigenvalue weighted by atomic mass is 35.5. The summed E-state index contributed by atoms with van der Waals surface area (Å²) in [5.41, 5.74) is 0.902. The molecule has 3 aromatic rings. The highest BCUT2D eigenvalue weighted by molar-refractivity contribution is 7.91. The molecule has 0 radical (unpaired) electrons. The first-order valence-corrected chi connectivity index (χ1v) is 10.00. The Bertz CT molecular complexity index is 954. The monoisotopic (exact) mass is 400 g/mol. The van der Waals surface area contributed by atoms with E-state index in [-0.39, 0.29) is 16.6 Å². The lowest BCUT2D eigenvalue weighted by atomic mass is 10.1. The maximum Gasteiger partial charge on any atom is 0.250 e. The fourth-order valence-corrected chi connectivity index (χ4v) is 4.69. The topological polar surface area (TPSA) is 87.7 Å². The number of nitrogens with one attached hydrogen (secondary N) is 2. The minimum atomic E-state index is -3.57. The van der Waals surface area contributed by atoms with Gasteiger partial charge in [0.15, 0.2) is 5.82 Å². The smallest absolute Gasteiger partial charge is 0.250 e. The molecule has 6 nitrogen and oxygen atoms in total. The molecule has 1 aromatic carbocycles. The summed E-state index contributed by atoms with van der Waals surface area (Å²) in [5, 5.41) is 6.87. The molecular formula is C15H14ClFN4O2S2. The van der Waals surface area contributed by atoms with Crippen molar-refractivity contribution in [1.82, 2.24) is 19.9 Å². The van der Waals surface area contributed by atoms with Gasteiger partial charge in [0.2, 0.25) is 10.0 Å². The van der Waals surface area contributed by atoms with Crippen LogP contribution in [0.15, 0.2) is 40.6 Å². The molecule has 25 heavy (non-hydrogen) atoms. The highest BCUT2D eigenvalue weighted by Gasteiger charge is 2.16. The molecule has 0 saturated heterocycles. The van der Waals surface area contributed by atoms with E-state index in [0.717, 1.165) is 16.9 Å². The van der Waals surface area contributed by atoms with Gasteiger partial charge in [-0.2, -0.15) is 5.10 Å². The molecule has 3 rings (SSSR count). The Morgan fingerprint density at radius 2 is 1.96 bits per heavy atom. The zero-order chi connectivity index (χ0) is 17.9. The van der Waals surface area contributed by atoms with E-state index < -0.39 is 10.0 Å². The molecule has 0 bridgehead atoms. The van der Waals surface area contributed by atoms with Crippen LogP contribution in [0.3, 0.4) is 0 Å². The summed E-state index contributed by atoms with van der Waals surface area (Å²) in [4.78, 5) is 4.31. The third-order valence-corrected chi connectivity index (χ3v) is 6.50. The number of halogens is 2. The lowest BCUT2D eigenvalue weighted by molar-refractivity contribution is 0.583. The molecule has 0 amide bonds. The van der Waals surface area contributed by atoms with Gasteiger partial charge in [-0.05, 0) is 29.8 Å². The van der Waals surface area contributed by atoms with Crippen molar-refractivity contribution in [1.29, 1.82) is 0 Å². The first kappa shape index (κ1) is 18.0. The number of H-pyrrole nitrogens is 1. The molecule has 0 aliphatic carbocycles. The molecule has 2 N–H and O–H groups in total. The Kier molecular flexibility index (Phi) is 5.48. The predicted molar refractivity (Wildman–Crippen MR) is 93.8 cm³/mol. The van der Waals surface area contributed by atoms with E-state index >= 15 is 0 Å². The Morgan fingerprint density at radius 1 is 1.20 bits per heavy atom. The number of aromatic amines is 1. The summed E-state index contributed by atoms with van der Waals surface area (Å²) < 4.78 is 40.1. The number of thiophene rings is 1. The minimum absolute atomic E-state index is 0.171. The largest absolute Gasteiger partial charge is 0.263 e. The molecular weight excluding hydrogens is 387 g/mol. The normalized spacial score (nSPS) is 11.8. The number of hydrogen-bond acceptors (Lipinski definition) is 5. The number of nitrogens with zero attached hydrogens (tertiary/aromatic N) is 2. The average molecular weight is 401 g/mol. The van der Waals surface area contributed by atoms with Crippen LogP contribution < -0.4 is 4.72 Å². The number of rotatable bonds is 7. The van der Waals surface area contributed by atoms with Crippen LogP contribution in [0, 0.1) is 5.82 Å². The van der Waals surface area contributed by atoms with Crippen molar-refractivity contribution in [3.8, 4) is 0 Å². The van der Waals surface area contributed by atoms with Crippen molar-refractivity contribution < 1.29 is 12.8 Å². The zero-order valence-corrected chi connectivity index (χ0v) is 15.3. The summed E-state index contributed by atoms with van der Waals surface area (Å²) >= 11 is 6.75. The standard InChI is InChI=1S/C15H14ClFN4O2S2/c16-12-5-6-15(24-12)25(22,23)18-8-7-13-19-14(21-20-13)9-10-1-3-11(17)4-2-10/h1-6,18H,7-9H2,(H,19,20,21). The van der Waals surface area contributed by atoms with Crippen LogP contribution in [-0.4, -0.2) is 30.1 Å². The van der Waals surface area contributed by atoms with Crippen LogP contribution in [0.5, 0.6) is 0 Å². The fourth-order valence-electron chi connectivity index (χ4n) is 2.13. The van der Waals surface area contributed by atoms with E-state index in [4.69, 9.17) is 11.6 Å². The van der Waals surface area contributed by atoms with Gasteiger partial charge in [0, 0.05) is 19.4 Å². The van der Waals surface area contributed by atoms with Gasteiger partial charge in [-0.25, -0.2) is 22.5 Å². The second kappa shape index (κ2) is 7.61. The van der Waals surface area contributed by atoms with Gasteiger partial charge in [-0.1, -0.05) is 23.7 Å². The van der Waals surface area contributed by atoms with Crippen molar-refractivity contribution >= 4 is 33.0 Å². The van der Waals surface area contributed by atoms with Crippen LogP contribution in [0.4, 0.5) is 4.39 Å². The van der Waals surface area contributed by atoms with E-state index in [1.807, 2.05) is 0 Å². The van der Waals surface area contributed by atoms with Gasteiger partial charge in [0.1, 0.15) is 15.9 Å². The summed E-state index contributed by atoms with van der Waals surface area (Å²) in [6.07, 6.45) is 0.838. The Hall–Kier alpha value is -1.81. The first-order valence-electron chi connectivity index (χ1n) is 7.32. The van der Waals surface area contributed by atoms with Crippen LogP contribution in [0.25, 0.3) is 0 Å². The fraction of sp³-hybridized carbons (Fsp3) is 0.200. The van der Waals surface area contributed by atoms with E-state index in [0.29, 0.717) is 28.8 Å². The van der Waals surface area contributed by atoms with Crippen molar-refractivity contribution in [2.24, 2.45) is 0 Å². The summed E-state index contributed by atoms with van der Waals surface area (Å²) in [6.45, 7) is 0.172. The second-order valence-electron chi connectivity index (χ2n) is 5.21. The van der Waals surface area contributed by atoms with Gasteiger partial charge in [0.05, 0.1) is 4.34 Å². The molecule has 0 unspecified atom stereocenters. The number of sulfonamides is 1. The molecule has 2 heterocycles. The molecule has 0 aliphatic rings. The quantitative estimate of drug-likeness (QED) is 0.638. The van der Waals surface area contributed by atoms with Crippen molar-refractivity contribution in [2.45, 2.75) is 17.1 Å². The third-order valence-electron chi connectivity index (χ3n) is 3.32. The lowest BCUT2D eigenvalue weighted by Crippen LogP contribution is -2.25. The summed E-state index contributed by atoms with van der Waals surface area (Å²) in [5.74, 6) is 0.847. The van der Waals surface area contributed by atoms with Crippen molar-refractivity contribution in [3.63, 3.8) is 0 Å². The Labute approximate surface area is 153 Å². The van der Waals surface area contributed by atoms with E-state index in [1.165, 1.54) is 24.3 Å². The second-order valence-corrected chi connectivity index (χ2v) is 8.92. The Morgan fingerprint density at radius 3 is 2.64 bits per heavy atom. The SMILES string of the molecule is O=S(=O)(NCCc1n[nH]c(Cc2ccc(F)cc2)n1)c1ccc(Cl)s1. The summed E-state index contributed by atoms with van der Waals surface area (Å²) in [6, 6.07) is 9.13. The lowest BCUT2D eigenvalue weighted by Gasteiger charge is -2.02. The third kappa shape index (κ3) is 4.85. The van der Waals surface area contributed by atoms with E-state index in [2.05, 4.69) is 19.9 Å². The van der Waals surface area contributed by atoms with Crippen molar-refractivity contribution in [3.05, 3.63) is 63.8 Å². The molecule has 10 heteroatoms. The van der Waals surface area contributed by atoms with Crippen LogP contribution in [-0.2, 0) is 22.9 Å². The molecule has 2 aromatic heterocycles. The van der Waals surface area contributed by atoms with E-state index in [1.54, 1.807) is 12.1 Å². The molecule has 0 saturated carbocycles. The molecule has 0 atom stereocenters. The van der Waals surface area contributed by atoms with Gasteiger partial charge in [-0.15, -0.1) is 11.3 Å². The average Bonchev–Trinajstić information content (AvgIpc) is 3.19. The van der Waals surface area contributed by atoms with E-state index in [9.17, 15) is 12.8 Å². The van der Waals surface area contributed by atoms with Crippen LogP contribution >= 0.6 is 22.9 Å². The number of hydrogen-bond donors (Lipinski definition) is 2. The van der Waals surface area contributed by atoms with Gasteiger partial charge in [-0.3, -0.25) is 5.10 Å².